The van der Waals surface area contributed by atoms with Gasteiger partial charge in [0.1, 0.15) is 12.6 Å². The normalized spacial score (nSPS) is 16.6. The van der Waals surface area contributed by atoms with Crippen molar-refractivity contribution >= 4 is 5.69 Å². The third-order valence-corrected chi connectivity index (χ3v) is 3.11. The third-order valence-electron chi connectivity index (χ3n) is 3.11. The van der Waals surface area contributed by atoms with Gasteiger partial charge in [0.25, 0.3) is 6.43 Å². The van der Waals surface area contributed by atoms with Crippen LogP contribution in [0, 0.1) is 0 Å². The Bertz CT molecular complexity index is 578. The van der Waals surface area contributed by atoms with E-state index in [-0.39, 0.29) is 6.04 Å². The second-order valence-electron chi connectivity index (χ2n) is 4.97. The SMILES string of the molecule is C[C@@H](Nc1cnn(CC(F)F)c1)c1nc(C2CC2)no1. The van der Waals surface area contributed by atoms with Crippen LogP contribution < -0.4 is 5.32 Å². The predicted molar refractivity (Wildman–Crippen MR) is 66.5 cm³/mol. The lowest BCUT2D eigenvalue weighted by atomic mass is 10.3. The van der Waals surface area contributed by atoms with Gasteiger partial charge in [-0.05, 0) is 19.8 Å². The van der Waals surface area contributed by atoms with Gasteiger partial charge in [-0.3, -0.25) is 4.68 Å². The molecule has 20 heavy (non-hydrogen) atoms. The average molecular weight is 283 g/mol. The average Bonchev–Trinajstić information content (AvgIpc) is 2.96. The molecule has 3 rings (SSSR count). The maximum atomic E-state index is 12.2. The molecule has 1 fully saturated rings. The third kappa shape index (κ3) is 2.94. The number of rotatable bonds is 6. The Morgan fingerprint density at radius 2 is 2.30 bits per heavy atom. The first-order valence-electron chi connectivity index (χ1n) is 6.52. The zero-order valence-electron chi connectivity index (χ0n) is 11.0. The molecule has 8 heteroatoms. The fraction of sp³-hybridized carbons (Fsp3) is 0.583. The van der Waals surface area contributed by atoms with Crippen molar-refractivity contribution in [3.8, 4) is 0 Å². The summed E-state index contributed by atoms with van der Waals surface area (Å²) >= 11 is 0. The Morgan fingerprint density at radius 1 is 1.50 bits per heavy atom. The summed E-state index contributed by atoms with van der Waals surface area (Å²) < 4.78 is 30.9. The summed E-state index contributed by atoms with van der Waals surface area (Å²) in [7, 11) is 0. The lowest BCUT2D eigenvalue weighted by Gasteiger charge is -2.08. The van der Waals surface area contributed by atoms with Gasteiger partial charge in [-0.2, -0.15) is 10.1 Å². The summed E-state index contributed by atoms with van der Waals surface area (Å²) in [5.74, 6) is 1.68. The van der Waals surface area contributed by atoms with E-state index < -0.39 is 13.0 Å². The fourth-order valence-electron chi connectivity index (χ4n) is 1.92. The first-order chi connectivity index (χ1) is 9.61. The summed E-state index contributed by atoms with van der Waals surface area (Å²) in [6.45, 7) is 1.46. The standard InChI is InChI=1S/C12H15F2N5O/c1-7(12-17-11(18-20-12)8-2-3-8)16-9-4-15-19(5-9)6-10(13)14/h4-5,7-8,10,16H,2-3,6H2,1H3/t7-/m1/s1. The van der Waals surface area contributed by atoms with Gasteiger partial charge in [-0.25, -0.2) is 8.78 Å². The van der Waals surface area contributed by atoms with Crippen molar-refractivity contribution in [2.45, 2.75) is 44.7 Å². The van der Waals surface area contributed by atoms with Crippen LogP contribution >= 0.6 is 0 Å². The van der Waals surface area contributed by atoms with Crippen LogP contribution in [0.1, 0.15) is 43.4 Å². The van der Waals surface area contributed by atoms with Crippen molar-refractivity contribution < 1.29 is 13.3 Å². The predicted octanol–water partition coefficient (Wildman–Crippen LogP) is 2.58. The minimum atomic E-state index is -2.42. The molecule has 6 nitrogen and oxygen atoms in total. The van der Waals surface area contributed by atoms with E-state index in [4.69, 9.17) is 4.52 Å². The van der Waals surface area contributed by atoms with Crippen molar-refractivity contribution in [2.24, 2.45) is 0 Å². The van der Waals surface area contributed by atoms with E-state index in [1.165, 1.54) is 17.1 Å². The van der Waals surface area contributed by atoms with Crippen LogP contribution in [0.3, 0.4) is 0 Å². The quantitative estimate of drug-likeness (QED) is 0.882. The molecule has 0 aliphatic heterocycles. The number of alkyl halides is 2. The summed E-state index contributed by atoms with van der Waals surface area (Å²) in [4.78, 5) is 4.34. The Balaban J connectivity index is 1.62. The number of nitrogens with zero attached hydrogens (tertiary/aromatic N) is 4. The van der Waals surface area contributed by atoms with Gasteiger partial charge in [-0.1, -0.05) is 5.16 Å². The van der Waals surface area contributed by atoms with E-state index in [0.29, 0.717) is 17.5 Å². The topological polar surface area (TPSA) is 68.8 Å². The number of halogens is 2. The molecule has 108 valence electrons. The highest BCUT2D eigenvalue weighted by Crippen LogP contribution is 2.38. The molecule has 0 unspecified atom stereocenters. The first kappa shape index (κ1) is 13.0. The molecule has 0 radical (unpaired) electrons. The van der Waals surface area contributed by atoms with Gasteiger partial charge in [-0.15, -0.1) is 0 Å². The molecule has 0 spiro atoms. The van der Waals surface area contributed by atoms with Crippen molar-refractivity contribution in [2.75, 3.05) is 5.32 Å². The second kappa shape index (κ2) is 5.18. The maximum absolute atomic E-state index is 12.2. The van der Waals surface area contributed by atoms with Crippen molar-refractivity contribution in [1.29, 1.82) is 0 Å². The van der Waals surface area contributed by atoms with E-state index in [2.05, 4.69) is 20.6 Å². The Morgan fingerprint density at radius 3 is 3.00 bits per heavy atom. The van der Waals surface area contributed by atoms with E-state index in [9.17, 15) is 8.78 Å². The van der Waals surface area contributed by atoms with Crippen molar-refractivity contribution in [1.82, 2.24) is 19.9 Å². The van der Waals surface area contributed by atoms with Crippen LogP contribution in [0.15, 0.2) is 16.9 Å². The van der Waals surface area contributed by atoms with Crippen LogP contribution in [-0.2, 0) is 6.54 Å². The lowest BCUT2D eigenvalue weighted by Crippen LogP contribution is -2.08. The van der Waals surface area contributed by atoms with E-state index in [1.807, 2.05) is 6.92 Å². The maximum Gasteiger partial charge on any atom is 0.257 e. The molecule has 0 bridgehead atoms. The molecule has 1 aliphatic rings. The number of aromatic nitrogens is 4. The van der Waals surface area contributed by atoms with Gasteiger partial charge in [0, 0.05) is 12.1 Å². The summed E-state index contributed by atoms with van der Waals surface area (Å²) in [6.07, 6.45) is 2.83. The van der Waals surface area contributed by atoms with Gasteiger partial charge in [0.2, 0.25) is 5.89 Å². The molecule has 0 saturated heterocycles. The molecule has 2 heterocycles. The zero-order chi connectivity index (χ0) is 14.1. The van der Waals surface area contributed by atoms with Crippen molar-refractivity contribution in [3.63, 3.8) is 0 Å². The van der Waals surface area contributed by atoms with Crippen LogP contribution in [0.4, 0.5) is 14.5 Å². The summed E-state index contributed by atoms with van der Waals surface area (Å²) in [5.41, 5.74) is 0.643. The summed E-state index contributed by atoms with van der Waals surface area (Å²) in [5, 5.41) is 10.9. The number of hydrogen-bond donors (Lipinski definition) is 1. The summed E-state index contributed by atoms with van der Waals surface area (Å²) in [6, 6.07) is -0.195. The highest BCUT2D eigenvalue weighted by Gasteiger charge is 2.29. The largest absolute Gasteiger partial charge is 0.371 e. The van der Waals surface area contributed by atoms with Crippen LogP contribution in [0.5, 0.6) is 0 Å². The highest BCUT2D eigenvalue weighted by atomic mass is 19.3. The fourth-order valence-corrected chi connectivity index (χ4v) is 1.92. The van der Waals surface area contributed by atoms with Gasteiger partial charge < -0.3 is 9.84 Å². The highest BCUT2D eigenvalue weighted by molar-refractivity contribution is 5.39. The molecule has 1 saturated carbocycles. The van der Waals surface area contributed by atoms with E-state index >= 15 is 0 Å². The van der Waals surface area contributed by atoms with Crippen LogP contribution in [0.25, 0.3) is 0 Å². The Hall–Kier alpha value is -1.99. The number of anilines is 1. The number of hydrogen-bond acceptors (Lipinski definition) is 5. The molecule has 2 aromatic heterocycles. The molecular formula is C12H15F2N5O. The van der Waals surface area contributed by atoms with Crippen LogP contribution in [0.2, 0.25) is 0 Å². The lowest BCUT2D eigenvalue weighted by molar-refractivity contribution is 0.122. The first-order valence-corrected chi connectivity index (χ1v) is 6.52. The molecule has 1 N–H and O–H groups in total. The van der Waals surface area contributed by atoms with Crippen molar-refractivity contribution in [3.05, 3.63) is 24.1 Å². The molecule has 1 aliphatic carbocycles. The second-order valence-corrected chi connectivity index (χ2v) is 4.97. The molecule has 2 aromatic rings. The minimum Gasteiger partial charge on any atom is -0.371 e. The Kier molecular flexibility index (Phi) is 3.37. The smallest absolute Gasteiger partial charge is 0.257 e. The Labute approximate surface area is 114 Å². The minimum absolute atomic E-state index is 0.195. The molecule has 1 atom stereocenters. The van der Waals surface area contributed by atoms with Crippen LogP contribution in [-0.4, -0.2) is 26.3 Å². The van der Waals surface area contributed by atoms with E-state index in [1.54, 1.807) is 0 Å². The van der Waals surface area contributed by atoms with Gasteiger partial charge >= 0.3 is 0 Å². The van der Waals surface area contributed by atoms with Gasteiger partial charge in [0.15, 0.2) is 5.82 Å². The van der Waals surface area contributed by atoms with E-state index in [0.717, 1.165) is 18.7 Å². The molecule has 0 amide bonds. The zero-order valence-corrected chi connectivity index (χ0v) is 11.0. The monoisotopic (exact) mass is 283 g/mol. The number of nitrogens with one attached hydrogen (secondary N) is 1. The molecular weight excluding hydrogens is 268 g/mol. The van der Waals surface area contributed by atoms with Gasteiger partial charge in [0.05, 0.1) is 11.9 Å². The molecule has 0 aromatic carbocycles.